The number of hydrogen-bond acceptors (Lipinski definition) is 5. The number of nitrogens with zero attached hydrogens (tertiary/aromatic N) is 1. The maximum absolute atomic E-state index is 11.4. The molecule has 0 radical (unpaired) electrons. The molecule has 0 atom stereocenters. The topological polar surface area (TPSA) is 124 Å². The van der Waals surface area contributed by atoms with E-state index >= 15 is 0 Å². The zero-order valence-electron chi connectivity index (χ0n) is 11.0. The van der Waals surface area contributed by atoms with Crippen LogP contribution in [0.2, 0.25) is 0 Å². The highest BCUT2D eigenvalue weighted by molar-refractivity contribution is 7.17. The second-order valence-electron chi connectivity index (χ2n) is 4.46. The molecule has 0 unspecified atom stereocenters. The van der Waals surface area contributed by atoms with Gasteiger partial charge < -0.3 is 20.4 Å². The number of amides is 2. The highest BCUT2D eigenvalue weighted by Gasteiger charge is 2.30. The Bertz CT molecular complexity index is 650. The smallest absolute Gasteiger partial charge is 0.394 e. The van der Waals surface area contributed by atoms with Crippen molar-refractivity contribution < 1.29 is 29.4 Å². The molecule has 112 valence electrons. The summed E-state index contributed by atoms with van der Waals surface area (Å²) in [6.45, 7) is 2.08. The molecular weight excluding hydrogens is 300 g/mol. The molecule has 1 aromatic rings. The Morgan fingerprint density at radius 1 is 1.24 bits per heavy atom. The summed E-state index contributed by atoms with van der Waals surface area (Å²) in [5.41, 5.74) is 0.457. The van der Waals surface area contributed by atoms with Crippen LogP contribution in [0.4, 0.5) is 5.00 Å². The van der Waals surface area contributed by atoms with Gasteiger partial charge in [0, 0.05) is 18.3 Å². The summed E-state index contributed by atoms with van der Waals surface area (Å²) in [6, 6.07) is 0. The Balaban J connectivity index is 2.39. The van der Waals surface area contributed by atoms with E-state index in [0.717, 1.165) is 11.3 Å². The third-order valence-corrected chi connectivity index (χ3v) is 4.27. The second-order valence-corrected chi connectivity index (χ2v) is 5.57. The lowest BCUT2D eigenvalue weighted by atomic mass is 10.0. The van der Waals surface area contributed by atoms with Crippen molar-refractivity contribution in [2.24, 2.45) is 0 Å². The number of anilines is 1. The third-order valence-electron chi connectivity index (χ3n) is 3.14. The molecule has 2 heterocycles. The van der Waals surface area contributed by atoms with Crippen LogP contribution >= 0.6 is 11.3 Å². The maximum Gasteiger partial charge on any atom is 0.394 e. The van der Waals surface area contributed by atoms with E-state index in [4.69, 9.17) is 5.11 Å². The molecule has 9 heteroatoms. The van der Waals surface area contributed by atoms with Crippen molar-refractivity contribution in [3.8, 4) is 0 Å². The Kier molecular flexibility index (Phi) is 3.94. The molecule has 0 spiro atoms. The van der Waals surface area contributed by atoms with Gasteiger partial charge >= 0.3 is 17.8 Å². The average molecular weight is 312 g/mol. The molecule has 0 aromatic carbocycles. The van der Waals surface area contributed by atoms with Gasteiger partial charge in [-0.1, -0.05) is 0 Å². The molecule has 0 aliphatic carbocycles. The lowest BCUT2D eigenvalue weighted by Crippen LogP contribution is -2.33. The van der Waals surface area contributed by atoms with Crippen LogP contribution < -0.4 is 5.32 Å². The lowest BCUT2D eigenvalue weighted by Gasteiger charge is -2.25. The fourth-order valence-corrected chi connectivity index (χ4v) is 3.39. The van der Waals surface area contributed by atoms with Crippen molar-refractivity contribution in [2.75, 3.05) is 11.9 Å². The largest absolute Gasteiger partial charge is 0.478 e. The van der Waals surface area contributed by atoms with Crippen molar-refractivity contribution in [3.63, 3.8) is 0 Å². The molecule has 8 nitrogen and oxygen atoms in total. The summed E-state index contributed by atoms with van der Waals surface area (Å²) in [5, 5.41) is 19.9. The van der Waals surface area contributed by atoms with Crippen molar-refractivity contribution in [3.05, 3.63) is 16.0 Å². The van der Waals surface area contributed by atoms with Gasteiger partial charge in [0.1, 0.15) is 5.00 Å². The molecule has 1 aromatic heterocycles. The van der Waals surface area contributed by atoms with Crippen molar-refractivity contribution in [1.29, 1.82) is 0 Å². The van der Waals surface area contributed by atoms with E-state index in [9.17, 15) is 24.3 Å². The van der Waals surface area contributed by atoms with Gasteiger partial charge in [0.25, 0.3) is 0 Å². The molecule has 1 aliphatic heterocycles. The number of hydrogen-bond donors (Lipinski definition) is 3. The minimum Gasteiger partial charge on any atom is -0.478 e. The number of rotatable bonds is 2. The van der Waals surface area contributed by atoms with E-state index in [0.29, 0.717) is 23.4 Å². The quantitative estimate of drug-likeness (QED) is 0.678. The van der Waals surface area contributed by atoms with E-state index in [1.54, 1.807) is 4.90 Å². The number of fused-ring (bicyclic) bond motifs is 1. The summed E-state index contributed by atoms with van der Waals surface area (Å²) in [7, 11) is 0. The predicted molar refractivity (Wildman–Crippen MR) is 72.3 cm³/mol. The molecule has 0 saturated heterocycles. The minimum atomic E-state index is -1.69. The number of thiophene rings is 1. The lowest BCUT2D eigenvalue weighted by molar-refractivity contribution is -0.147. The fraction of sp³-hybridized carbons (Fsp3) is 0.333. The first-order valence-electron chi connectivity index (χ1n) is 5.99. The third kappa shape index (κ3) is 2.87. The zero-order chi connectivity index (χ0) is 15.7. The van der Waals surface area contributed by atoms with Gasteiger partial charge in [-0.3, -0.25) is 9.59 Å². The van der Waals surface area contributed by atoms with E-state index in [-0.39, 0.29) is 23.0 Å². The normalized spacial score (nSPS) is 13.5. The highest BCUT2D eigenvalue weighted by Crippen LogP contribution is 2.37. The SMILES string of the molecule is CC(=O)N1CCc2c(sc(NC(=O)C(=O)O)c2C(=O)O)C1. The van der Waals surface area contributed by atoms with Crippen LogP contribution in [0.15, 0.2) is 0 Å². The predicted octanol–water partition coefficient (Wildman–Crippen LogP) is 0.374. The van der Waals surface area contributed by atoms with Gasteiger partial charge in [-0.05, 0) is 12.0 Å². The van der Waals surface area contributed by atoms with Gasteiger partial charge in [0.2, 0.25) is 5.91 Å². The standard InChI is InChI=1S/C12H12N2O6S/c1-5(15)14-3-2-6-7(4-14)21-10(8(6)11(17)18)13-9(16)12(19)20/h2-4H2,1H3,(H,13,16)(H,17,18)(H,19,20). The first kappa shape index (κ1) is 15.0. The van der Waals surface area contributed by atoms with Gasteiger partial charge in [-0.25, -0.2) is 9.59 Å². The van der Waals surface area contributed by atoms with Gasteiger partial charge in [-0.15, -0.1) is 11.3 Å². The van der Waals surface area contributed by atoms with Crippen molar-refractivity contribution >= 4 is 40.1 Å². The minimum absolute atomic E-state index is 0.00898. The number of carbonyl (C=O) groups excluding carboxylic acids is 2. The monoisotopic (exact) mass is 312 g/mol. The summed E-state index contributed by atoms with van der Waals surface area (Å²) in [4.78, 5) is 46.7. The summed E-state index contributed by atoms with van der Waals surface area (Å²) < 4.78 is 0. The first-order chi connectivity index (χ1) is 9.81. The fourth-order valence-electron chi connectivity index (χ4n) is 2.14. The number of nitrogens with one attached hydrogen (secondary N) is 1. The number of carbonyl (C=O) groups is 4. The van der Waals surface area contributed by atoms with E-state index < -0.39 is 17.8 Å². The van der Waals surface area contributed by atoms with Crippen molar-refractivity contribution in [1.82, 2.24) is 4.90 Å². The van der Waals surface area contributed by atoms with E-state index in [1.165, 1.54) is 6.92 Å². The highest BCUT2D eigenvalue weighted by atomic mass is 32.1. The number of aliphatic carboxylic acids is 1. The van der Waals surface area contributed by atoms with Crippen LogP contribution in [0.1, 0.15) is 27.7 Å². The average Bonchev–Trinajstić information content (AvgIpc) is 2.74. The maximum atomic E-state index is 11.4. The zero-order valence-corrected chi connectivity index (χ0v) is 11.8. The van der Waals surface area contributed by atoms with Crippen LogP contribution in [-0.2, 0) is 27.3 Å². The summed E-state index contributed by atoms with van der Waals surface area (Å²) >= 11 is 0.987. The van der Waals surface area contributed by atoms with Crippen LogP contribution in [-0.4, -0.2) is 45.4 Å². The Morgan fingerprint density at radius 2 is 1.90 bits per heavy atom. The van der Waals surface area contributed by atoms with Crippen LogP contribution in [0.5, 0.6) is 0 Å². The van der Waals surface area contributed by atoms with Gasteiger partial charge in [0.15, 0.2) is 0 Å². The molecule has 0 bridgehead atoms. The van der Waals surface area contributed by atoms with Crippen molar-refractivity contribution in [2.45, 2.75) is 19.9 Å². The first-order valence-corrected chi connectivity index (χ1v) is 6.80. The van der Waals surface area contributed by atoms with Crippen LogP contribution in [0.3, 0.4) is 0 Å². The van der Waals surface area contributed by atoms with Gasteiger partial charge in [-0.2, -0.15) is 0 Å². The molecule has 2 rings (SSSR count). The van der Waals surface area contributed by atoms with E-state index in [2.05, 4.69) is 5.32 Å². The Hall–Kier alpha value is -2.42. The van der Waals surface area contributed by atoms with E-state index in [1.807, 2.05) is 0 Å². The number of aromatic carboxylic acids is 1. The summed E-state index contributed by atoms with van der Waals surface area (Å²) in [6.07, 6.45) is 0.357. The van der Waals surface area contributed by atoms with Gasteiger partial charge in [0.05, 0.1) is 12.1 Å². The molecule has 21 heavy (non-hydrogen) atoms. The summed E-state index contributed by atoms with van der Waals surface area (Å²) in [5.74, 6) is -4.34. The molecular formula is C12H12N2O6S. The Labute approximate surface area is 123 Å². The molecule has 2 amide bonds. The molecule has 0 saturated carbocycles. The molecule has 1 aliphatic rings. The number of carboxylic acid groups (broad SMARTS) is 2. The second kappa shape index (κ2) is 5.52. The Morgan fingerprint density at radius 3 is 2.43 bits per heavy atom. The van der Waals surface area contributed by atoms with Crippen LogP contribution in [0, 0.1) is 0 Å². The van der Waals surface area contributed by atoms with Crippen LogP contribution in [0.25, 0.3) is 0 Å². The number of carboxylic acids is 2. The molecule has 3 N–H and O–H groups in total. The molecule has 0 fully saturated rings.